The second kappa shape index (κ2) is 8.12. The number of likely N-dealkylation sites (N-methyl/N-ethyl adjacent to an activating group) is 1. The van der Waals surface area contributed by atoms with Crippen molar-refractivity contribution in [1.82, 2.24) is 15.5 Å². The lowest BCUT2D eigenvalue weighted by atomic mass is 10.0. The number of aryl methyl sites for hydroxylation is 1. The number of hydrogen-bond donors (Lipinski definition) is 2. The van der Waals surface area contributed by atoms with Crippen molar-refractivity contribution in [1.29, 1.82) is 0 Å². The van der Waals surface area contributed by atoms with Crippen LogP contribution in [0.15, 0.2) is 24.3 Å². The highest BCUT2D eigenvalue weighted by molar-refractivity contribution is 5.77. The number of hydrogen-bond acceptors (Lipinski definition) is 4. The molecule has 2 rings (SSSR count). The van der Waals surface area contributed by atoms with Crippen LogP contribution in [0, 0.1) is 6.92 Å². The van der Waals surface area contributed by atoms with Gasteiger partial charge in [0.25, 0.3) is 0 Å². The number of nitrogens with zero attached hydrogens (tertiary/aromatic N) is 1. The van der Waals surface area contributed by atoms with Gasteiger partial charge in [-0.25, -0.2) is 0 Å². The van der Waals surface area contributed by atoms with E-state index in [0.717, 1.165) is 26.3 Å². The van der Waals surface area contributed by atoms with Crippen LogP contribution in [-0.4, -0.2) is 57.2 Å². The van der Waals surface area contributed by atoms with Crippen LogP contribution in [0.1, 0.15) is 17.2 Å². The Hall–Kier alpha value is -1.43. The van der Waals surface area contributed by atoms with Gasteiger partial charge in [0.2, 0.25) is 5.91 Å². The van der Waals surface area contributed by atoms with E-state index in [1.54, 1.807) is 7.05 Å². The number of amides is 1. The van der Waals surface area contributed by atoms with E-state index in [2.05, 4.69) is 46.7 Å². The minimum absolute atomic E-state index is 0.0309. The minimum atomic E-state index is 0.0309. The van der Waals surface area contributed by atoms with Crippen molar-refractivity contribution >= 4 is 5.91 Å². The van der Waals surface area contributed by atoms with Crippen LogP contribution >= 0.6 is 0 Å². The third-order valence-corrected chi connectivity index (χ3v) is 3.74. The fourth-order valence-electron chi connectivity index (χ4n) is 2.66. The van der Waals surface area contributed by atoms with Gasteiger partial charge in [-0.15, -0.1) is 0 Å². The molecule has 1 fully saturated rings. The number of nitrogens with one attached hydrogen (secondary N) is 2. The molecule has 0 aromatic heterocycles. The van der Waals surface area contributed by atoms with Gasteiger partial charge >= 0.3 is 0 Å². The number of benzene rings is 1. The summed E-state index contributed by atoms with van der Waals surface area (Å²) in [6.45, 7) is 6.40. The third kappa shape index (κ3) is 4.81. The monoisotopic (exact) mass is 291 g/mol. The number of rotatable bonds is 6. The van der Waals surface area contributed by atoms with Crippen LogP contribution in [0.4, 0.5) is 0 Å². The van der Waals surface area contributed by atoms with E-state index in [1.807, 2.05) is 0 Å². The van der Waals surface area contributed by atoms with E-state index in [-0.39, 0.29) is 11.9 Å². The van der Waals surface area contributed by atoms with Crippen LogP contribution in [0.3, 0.4) is 0 Å². The van der Waals surface area contributed by atoms with Gasteiger partial charge in [-0.3, -0.25) is 9.69 Å². The Kier molecular flexibility index (Phi) is 6.17. The molecule has 1 aromatic carbocycles. The first-order chi connectivity index (χ1) is 10.2. The molecule has 2 N–H and O–H groups in total. The molecule has 116 valence electrons. The molecule has 1 aliphatic rings. The summed E-state index contributed by atoms with van der Waals surface area (Å²) in [5.41, 5.74) is 2.49. The van der Waals surface area contributed by atoms with Crippen LogP contribution in [0.2, 0.25) is 0 Å². The topological polar surface area (TPSA) is 53.6 Å². The maximum Gasteiger partial charge on any atom is 0.234 e. The predicted octanol–water partition coefficient (Wildman–Crippen LogP) is 0.704. The first kappa shape index (κ1) is 15.9. The second-order valence-electron chi connectivity index (χ2n) is 5.41. The SMILES string of the molecule is CNCC(=O)NCC(c1cccc(C)c1)N1CCOCC1. The molecule has 1 saturated heterocycles. The third-order valence-electron chi connectivity index (χ3n) is 3.74. The van der Waals surface area contributed by atoms with Crippen molar-refractivity contribution < 1.29 is 9.53 Å². The van der Waals surface area contributed by atoms with E-state index in [1.165, 1.54) is 11.1 Å². The predicted molar refractivity (Wildman–Crippen MR) is 83.2 cm³/mol. The molecule has 0 aliphatic carbocycles. The average molecular weight is 291 g/mol. The molecular weight excluding hydrogens is 266 g/mol. The Labute approximate surface area is 126 Å². The summed E-state index contributed by atoms with van der Waals surface area (Å²) in [5, 5.41) is 5.89. The Morgan fingerprint density at radius 1 is 1.38 bits per heavy atom. The van der Waals surface area contributed by atoms with Crippen LogP contribution in [0.25, 0.3) is 0 Å². The molecule has 0 spiro atoms. The van der Waals surface area contributed by atoms with Gasteiger partial charge in [0.05, 0.1) is 25.8 Å². The van der Waals surface area contributed by atoms with Crippen LogP contribution in [-0.2, 0) is 9.53 Å². The van der Waals surface area contributed by atoms with Crippen molar-refractivity contribution in [3.63, 3.8) is 0 Å². The van der Waals surface area contributed by atoms with Gasteiger partial charge in [0, 0.05) is 19.6 Å². The highest BCUT2D eigenvalue weighted by atomic mass is 16.5. The maximum atomic E-state index is 11.7. The normalized spacial score (nSPS) is 17.4. The first-order valence-electron chi connectivity index (χ1n) is 7.50. The lowest BCUT2D eigenvalue weighted by Crippen LogP contribution is -2.44. The van der Waals surface area contributed by atoms with Gasteiger partial charge < -0.3 is 15.4 Å². The first-order valence-corrected chi connectivity index (χ1v) is 7.50. The van der Waals surface area contributed by atoms with Crippen LogP contribution < -0.4 is 10.6 Å². The summed E-state index contributed by atoms with van der Waals surface area (Å²) in [7, 11) is 1.78. The lowest BCUT2D eigenvalue weighted by molar-refractivity contribution is -0.120. The van der Waals surface area contributed by atoms with Crippen molar-refractivity contribution in [2.75, 3.05) is 46.4 Å². The molecular formula is C16H25N3O2. The van der Waals surface area contributed by atoms with E-state index in [4.69, 9.17) is 4.74 Å². The summed E-state index contributed by atoms with van der Waals surface area (Å²) in [6.07, 6.45) is 0. The molecule has 0 bridgehead atoms. The Balaban J connectivity index is 2.07. The van der Waals surface area contributed by atoms with Crippen molar-refractivity contribution in [3.05, 3.63) is 35.4 Å². The molecule has 1 aliphatic heterocycles. The molecule has 21 heavy (non-hydrogen) atoms. The largest absolute Gasteiger partial charge is 0.379 e. The fraction of sp³-hybridized carbons (Fsp3) is 0.562. The highest BCUT2D eigenvalue weighted by Crippen LogP contribution is 2.22. The number of carbonyl (C=O) groups excluding carboxylic acids is 1. The van der Waals surface area contributed by atoms with E-state index in [0.29, 0.717) is 13.1 Å². The Bertz CT molecular complexity index is 459. The highest BCUT2D eigenvalue weighted by Gasteiger charge is 2.23. The zero-order chi connectivity index (χ0) is 15.1. The van der Waals surface area contributed by atoms with Gasteiger partial charge in [-0.2, -0.15) is 0 Å². The molecule has 1 heterocycles. The second-order valence-corrected chi connectivity index (χ2v) is 5.41. The van der Waals surface area contributed by atoms with Crippen LogP contribution in [0.5, 0.6) is 0 Å². The molecule has 0 saturated carbocycles. The Morgan fingerprint density at radius 2 is 2.14 bits per heavy atom. The lowest BCUT2D eigenvalue weighted by Gasteiger charge is -2.35. The Morgan fingerprint density at radius 3 is 2.81 bits per heavy atom. The van der Waals surface area contributed by atoms with E-state index >= 15 is 0 Å². The van der Waals surface area contributed by atoms with Crippen molar-refractivity contribution in [3.8, 4) is 0 Å². The summed E-state index contributed by atoms with van der Waals surface area (Å²) < 4.78 is 5.43. The van der Waals surface area contributed by atoms with Gasteiger partial charge in [-0.1, -0.05) is 29.8 Å². The standard InChI is InChI=1S/C16H25N3O2/c1-13-4-3-5-14(10-13)15(11-18-16(20)12-17-2)19-6-8-21-9-7-19/h3-5,10,15,17H,6-9,11-12H2,1-2H3,(H,18,20). The molecule has 5 heteroatoms. The van der Waals surface area contributed by atoms with Crippen molar-refractivity contribution in [2.45, 2.75) is 13.0 Å². The molecule has 5 nitrogen and oxygen atoms in total. The minimum Gasteiger partial charge on any atom is -0.379 e. The molecule has 1 aromatic rings. The fourth-order valence-corrected chi connectivity index (χ4v) is 2.66. The zero-order valence-corrected chi connectivity index (χ0v) is 12.9. The number of ether oxygens (including phenoxy) is 1. The average Bonchev–Trinajstić information content (AvgIpc) is 2.49. The summed E-state index contributed by atoms with van der Waals surface area (Å²) in [6, 6.07) is 8.71. The maximum absolute atomic E-state index is 11.7. The van der Waals surface area contributed by atoms with E-state index < -0.39 is 0 Å². The summed E-state index contributed by atoms with van der Waals surface area (Å²) >= 11 is 0. The molecule has 0 radical (unpaired) electrons. The summed E-state index contributed by atoms with van der Waals surface area (Å²) in [5.74, 6) is 0.0309. The number of morpholine rings is 1. The van der Waals surface area contributed by atoms with Gasteiger partial charge in [0.1, 0.15) is 0 Å². The molecule has 1 atom stereocenters. The quantitative estimate of drug-likeness (QED) is 0.810. The molecule has 1 amide bonds. The smallest absolute Gasteiger partial charge is 0.234 e. The van der Waals surface area contributed by atoms with Gasteiger partial charge in [0.15, 0.2) is 0 Å². The zero-order valence-electron chi connectivity index (χ0n) is 12.9. The summed E-state index contributed by atoms with van der Waals surface area (Å²) in [4.78, 5) is 14.1. The molecule has 1 unspecified atom stereocenters. The van der Waals surface area contributed by atoms with E-state index in [9.17, 15) is 4.79 Å². The van der Waals surface area contributed by atoms with Gasteiger partial charge in [-0.05, 0) is 19.5 Å². The number of carbonyl (C=O) groups is 1. The van der Waals surface area contributed by atoms with Crippen molar-refractivity contribution in [2.24, 2.45) is 0 Å².